The predicted molar refractivity (Wildman–Crippen MR) is 91.8 cm³/mol. The highest BCUT2D eigenvalue weighted by atomic mass is 32.2. The quantitative estimate of drug-likeness (QED) is 0.766. The first-order valence-electron chi connectivity index (χ1n) is 7.59. The average molecular weight is 347 g/mol. The number of pyridine rings is 1. The number of aromatic nitrogens is 2. The molecular formula is C17H18FN3O2S. The first kappa shape index (κ1) is 16.4. The van der Waals surface area contributed by atoms with E-state index in [9.17, 15) is 12.8 Å². The van der Waals surface area contributed by atoms with E-state index in [0.717, 1.165) is 6.07 Å². The summed E-state index contributed by atoms with van der Waals surface area (Å²) in [6.07, 6.45) is 3.22. The fraction of sp³-hybridized carbons (Fsp3) is 0.235. The van der Waals surface area contributed by atoms with E-state index in [2.05, 4.69) is 9.71 Å². The SMILES string of the molecule is CC(C)Cn1cc(S(=O)(=O)Nc2cccc(F)c2)c2cccnc21. The zero-order valence-electron chi connectivity index (χ0n) is 13.4. The van der Waals surface area contributed by atoms with Crippen molar-refractivity contribution >= 4 is 26.7 Å². The van der Waals surface area contributed by atoms with Gasteiger partial charge in [-0.3, -0.25) is 4.72 Å². The molecule has 3 rings (SSSR count). The van der Waals surface area contributed by atoms with Crippen LogP contribution in [0.2, 0.25) is 0 Å². The lowest BCUT2D eigenvalue weighted by atomic mass is 10.2. The maximum atomic E-state index is 13.3. The molecule has 0 bridgehead atoms. The highest BCUT2D eigenvalue weighted by Crippen LogP contribution is 2.26. The third-order valence-electron chi connectivity index (χ3n) is 3.53. The van der Waals surface area contributed by atoms with Crippen LogP contribution in [0.4, 0.5) is 10.1 Å². The van der Waals surface area contributed by atoms with Crippen LogP contribution in [-0.4, -0.2) is 18.0 Å². The van der Waals surface area contributed by atoms with E-state index < -0.39 is 15.8 Å². The van der Waals surface area contributed by atoms with Crippen LogP contribution in [0, 0.1) is 11.7 Å². The van der Waals surface area contributed by atoms with Crippen molar-refractivity contribution in [2.24, 2.45) is 5.92 Å². The van der Waals surface area contributed by atoms with Crippen molar-refractivity contribution < 1.29 is 12.8 Å². The van der Waals surface area contributed by atoms with Gasteiger partial charge in [0.15, 0.2) is 0 Å². The van der Waals surface area contributed by atoms with Crippen LogP contribution in [0.1, 0.15) is 13.8 Å². The zero-order chi connectivity index (χ0) is 17.3. The molecule has 0 aliphatic heterocycles. The topological polar surface area (TPSA) is 64.0 Å². The van der Waals surface area contributed by atoms with Crippen LogP contribution >= 0.6 is 0 Å². The fourth-order valence-electron chi connectivity index (χ4n) is 2.60. The summed E-state index contributed by atoms with van der Waals surface area (Å²) in [5.74, 6) is -0.159. The van der Waals surface area contributed by atoms with Gasteiger partial charge < -0.3 is 4.57 Å². The Bertz CT molecular complexity index is 980. The number of sulfonamides is 1. The van der Waals surface area contributed by atoms with E-state index in [-0.39, 0.29) is 10.6 Å². The third kappa shape index (κ3) is 3.26. The highest BCUT2D eigenvalue weighted by molar-refractivity contribution is 7.93. The molecule has 2 aromatic heterocycles. The molecule has 0 fully saturated rings. The summed E-state index contributed by atoms with van der Waals surface area (Å²) in [7, 11) is -3.85. The third-order valence-corrected chi connectivity index (χ3v) is 4.93. The first-order chi connectivity index (χ1) is 11.4. The summed E-state index contributed by atoms with van der Waals surface area (Å²) in [6, 6.07) is 8.78. The Labute approximate surface area is 140 Å². The van der Waals surface area contributed by atoms with Gasteiger partial charge in [0.05, 0.1) is 5.69 Å². The molecule has 126 valence electrons. The molecule has 24 heavy (non-hydrogen) atoms. The van der Waals surface area contributed by atoms with Gasteiger partial charge in [-0.2, -0.15) is 0 Å². The number of hydrogen-bond acceptors (Lipinski definition) is 3. The fourth-order valence-corrected chi connectivity index (χ4v) is 3.86. The van der Waals surface area contributed by atoms with Crippen molar-refractivity contribution in [2.45, 2.75) is 25.3 Å². The number of nitrogens with zero attached hydrogens (tertiary/aromatic N) is 2. The summed E-state index contributed by atoms with van der Waals surface area (Å²) in [4.78, 5) is 4.44. The van der Waals surface area contributed by atoms with Gasteiger partial charge >= 0.3 is 0 Å². The first-order valence-corrected chi connectivity index (χ1v) is 9.07. The van der Waals surface area contributed by atoms with Gasteiger partial charge in [-0.1, -0.05) is 19.9 Å². The molecule has 1 aromatic carbocycles. The molecule has 5 nitrogen and oxygen atoms in total. The minimum absolute atomic E-state index is 0.135. The molecule has 3 aromatic rings. The van der Waals surface area contributed by atoms with Crippen LogP contribution in [-0.2, 0) is 16.6 Å². The highest BCUT2D eigenvalue weighted by Gasteiger charge is 2.22. The van der Waals surface area contributed by atoms with Gasteiger partial charge in [0, 0.05) is 24.3 Å². The Kier molecular flexibility index (Phi) is 4.28. The number of benzene rings is 1. The van der Waals surface area contributed by atoms with Crippen molar-refractivity contribution in [3.63, 3.8) is 0 Å². The Morgan fingerprint density at radius 1 is 1.25 bits per heavy atom. The Morgan fingerprint density at radius 2 is 2.04 bits per heavy atom. The monoisotopic (exact) mass is 347 g/mol. The number of nitrogens with one attached hydrogen (secondary N) is 1. The molecule has 0 saturated carbocycles. The van der Waals surface area contributed by atoms with Crippen LogP contribution < -0.4 is 4.72 Å². The molecule has 0 aliphatic rings. The van der Waals surface area contributed by atoms with Crippen molar-refractivity contribution in [2.75, 3.05) is 4.72 Å². The van der Waals surface area contributed by atoms with E-state index >= 15 is 0 Å². The van der Waals surface area contributed by atoms with E-state index in [1.807, 2.05) is 18.4 Å². The van der Waals surface area contributed by atoms with Gasteiger partial charge in [0.25, 0.3) is 10.0 Å². The van der Waals surface area contributed by atoms with E-state index in [4.69, 9.17) is 0 Å². The summed E-state index contributed by atoms with van der Waals surface area (Å²) >= 11 is 0. The number of fused-ring (bicyclic) bond motifs is 1. The van der Waals surface area contributed by atoms with E-state index in [1.54, 1.807) is 24.5 Å². The average Bonchev–Trinajstić information content (AvgIpc) is 2.86. The summed E-state index contributed by atoms with van der Waals surface area (Å²) in [5, 5.41) is 0.544. The maximum absolute atomic E-state index is 13.3. The molecule has 0 radical (unpaired) electrons. The number of hydrogen-bond donors (Lipinski definition) is 1. The van der Waals surface area contributed by atoms with Gasteiger partial charge in [-0.25, -0.2) is 17.8 Å². The molecule has 0 saturated heterocycles. The second-order valence-corrected chi connectivity index (χ2v) is 7.68. The summed E-state index contributed by atoms with van der Waals surface area (Å²) < 4.78 is 43.1. The lowest BCUT2D eigenvalue weighted by molar-refractivity contribution is 0.530. The van der Waals surface area contributed by atoms with E-state index in [1.165, 1.54) is 18.2 Å². The van der Waals surface area contributed by atoms with E-state index in [0.29, 0.717) is 23.5 Å². The van der Waals surface area contributed by atoms with Crippen molar-refractivity contribution in [3.8, 4) is 0 Å². The minimum Gasteiger partial charge on any atom is -0.331 e. The molecule has 0 unspecified atom stereocenters. The van der Waals surface area contributed by atoms with Gasteiger partial charge in [-0.15, -0.1) is 0 Å². The van der Waals surface area contributed by atoms with Crippen molar-refractivity contribution in [1.29, 1.82) is 0 Å². The van der Waals surface area contributed by atoms with Crippen molar-refractivity contribution in [1.82, 2.24) is 9.55 Å². The van der Waals surface area contributed by atoms with Crippen LogP contribution in [0.15, 0.2) is 53.7 Å². The maximum Gasteiger partial charge on any atom is 0.264 e. The smallest absolute Gasteiger partial charge is 0.264 e. The van der Waals surface area contributed by atoms with Gasteiger partial charge in [0.1, 0.15) is 16.4 Å². The van der Waals surface area contributed by atoms with Crippen LogP contribution in [0.5, 0.6) is 0 Å². The Morgan fingerprint density at radius 3 is 2.75 bits per heavy atom. The van der Waals surface area contributed by atoms with Crippen LogP contribution in [0.25, 0.3) is 11.0 Å². The van der Waals surface area contributed by atoms with Gasteiger partial charge in [-0.05, 0) is 36.2 Å². The molecule has 7 heteroatoms. The molecular weight excluding hydrogens is 329 g/mol. The van der Waals surface area contributed by atoms with Crippen molar-refractivity contribution in [3.05, 3.63) is 54.6 Å². The standard InChI is InChI=1S/C17H18FN3O2S/c1-12(2)10-21-11-16(15-7-4-8-19-17(15)21)24(22,23)20-14-6-3-5-13(18)9-14/h3-9,11-12,20H,10H2,1-2H3. The summed E-state index contributed by atoms with van der Waals surface area (Å²) in [6.45, 7) is 4.75. The number of halogens is 1. The number of anilines is 1. The Hall–Kier alpha value is -2.41. The molecule has 2 heterocycles. The second-order valence-electron chi connectivity index (χ2n) is 6.03. The molecule has 0 spiro atoms. The number of rotatable bonds is 5. The largest absolute Gasteiger partial charge is 0.331 e. The predicted octanol–water partition coefficient (Wildman–Crippen LogP) is 3.63. The molecule has 0 atom stereocenters. The lowest BCUT2D eigenvalue weighted by Gasteiger charge is -2.07. The summed E-state index contributed by atoms with van der Waals surface area (Å²) in [5.41, 5.74) is 0.800. The second kappa shape index (κ2) is 6.24. The lowest BCUT2D eigenvalue weighted by Crippen LogP contribution is -2.13. The Balaban J connectivity index is 2.07. The normalized spacial score (nSPS) is 12.0. The molecule has 0 aliphatic carbocycles. The molecule has 0 amide bonds. The molecule has 1 N–H and O–H groups in total. The van der Waals surface area contributed by atoms with Crippen LogP contribution in [0.3, 0.4) is 0 Å². The zero-order valence-corrected chi connectivity index (χ0v) is 14.2. The van der Waals surface area contributed by atoms with Gasteiger partial charge in [0.2, 0.25) is 0 Å². The minimum atomic E-state index is -3.85.